The predicted octanol–water partition coefficient (Wildman–Crippen LogP) is 4.11. The largest absolute Gasteiger partial charge is 0.462 e. The van der Waals surface area contributed by atoms with Crippen LogP contribution in [-0.2, 0) is 4.74 Å². The van der Waals surface area contributed by atoms with Gasteiger partial charge in [-0.15, -0.1) is 11.3 Å². The second kappa shape index (κ2) is 9.00. The minimum Gasteiger partial charge on any atom is -0.462 e. The van der Waals surface area contributed by atoms with E-state index in [4.69, 9.17) is 4.74 Å². The Bertz CT molecular complexity index is 1070. The number of esters is 1. The maximum absolute atomic E-state index is 12.5. The van der Waals surface area contributed by atoms with Crippen LogP contribution in [0.1, 0.15) is 36.8 Å². The van der Waals surface area contributed by atoms with Gasteiger partial charge >= 0.3 is 5.97 Å². The smallest absolute Gasteiger partial charge is 0.339 e. The number of carbonyl (C=O) groups excluding carboxylic acids is 1. The monoisotopic (exact) mass is 412 g/mol. The highest BCUT2D eigenvalue weighted by molar-refractivity contribution is 7.13. The number of hydrogen-bond donors (Lipinski definition) is 2. The molecule has 0 aliphatic heterocycles. The molecule has 0 bridgehead atoms. The van der Waals surface area contributed by atoms with E-state index in [1.165, 1.54) is 11.3 Å². The highest BCUT2D eigenvalue weighted by atomic mass is 32.1. The Hall–Kier alpha value is -3.00. The van der Waals surface area contributed by atoms with Crippen LogP contribution in [0, 0.1) is 12.8 Å². The topological polar surface area (TPSA) is 97.0 Å². The number of H-pyrrole nitrogens is 1. The molecule has 0 spiro atoms. The molecule has 0 radical (unpaired) electrons. The Balaban J connectivity index is 1.92. The molecule has 3 aromatic rings. The van der Waals surface area contributed by atoms with Crippen LogP contribution in [0.5, 0.6) is 0 Å². The second-order valence-corrected chi connectivity index (χ2v) is 7.87. The first kappa shape index (κ1) is 20.7. The van der Waals surface area contributed by atoms with Crippen molar-refractivity contribution < 1.29 is 9.53 Å². The van der Waals surface area contributed by atoms with Crippen molar-refractivity contribution in [3.8, 4) is 21.8 Å². The minimum atomic E-state index is -0.465. The molecule has 7 nitrogen and oxygen atoms in total. The van der Waals surface area contributed by atoms with E-state index in [1.54, 1.807) is 26.1 Å². The van der Waals surface area contributed by atoms with Gasteiger partial charge in [0.05, 0.1) is 23.4 Å². The van der Waals surface area contributed by atoms with Crippen molar-refractivity contribution in [1.29, 1.82) is 0 Å². The standard InChI is InChI=1S/C21H24N4O3S/c1-5-28-21(27)15-9-16(19(26)24-13(15)4)17-11-29-20(25-17)14-6-7-22-18(8-14)23-10-12(2)3/h6-9,11-12H,5,10H2,1-4H3,(H,22,23)(H,24,26). The van der Waals surface area contributed by atoms with Gasteiger partial charge in [-0.25, -0.2) is 14.8 Å². The molecule has 29 heavy (non-hydrogen) atoms. The lowest BCUT2D eigenvalue weighted by Crippen LogP contribution is -2.16. The molecule has 0 saturated heterocycles. The summed E-state index contributed by atoms with van der Waals surface area (Å²) >= 11 is 1.43. The van der Waals surface area contributed by atoms with E-state index in [0.29, 0.717) is 28.4 Å². The maximum atomic E-state index is 12.5. The van der Waals surface area contributed by atoms with Gasteiger partial charge < -0.3 is 15.0 Å². The van der Waals surface area contributed by atoms with E-state index in [9.17, 15) is 9.59 Å². The van der Waals surface area contributed by atoms with E-state index in [2.05, 4.69) is 34.1 Å². The average molecular weight is 413 g/mol. The van der Waals surface area contributed by atoms with Gasteiger partial charge in [-0.3, -0.25) is 4.79 Å². The molecule has 0 unspecified atom stereocenters. The molecule has 0 fully saturated rings. The summed E-state index contributed by atoms with van der Waals surface area (Å²) in [6, 6.07) is 5.37. The van der Waals surface area contributed by atoms with Gasteiger partial charge in [0.1, 0.15) is 10.8 Å². The van der Waals surface area contributed by atoms with Crippen molar-refractivity contribution in [2.75, 3.05) is 18.5 Å². The summed E-state index contributed by atoms with van der Waals surface area (Å²) in [4.78, 5) is 36.3. The summed E-state index contributed by atoms with van der Waals surface area (Å²) in [6.45, 7) is 8.77. The van der Waals surface area contributed by atoms with Gasteiger partial charge in [0.2, 0.25) is 0 Å². The maximum Gasteiger partial charge on any atom is 0.339 e. The SMILES string of the molecule is CCOC(=O)c1cc(-c2csc(-c3ccnc(NCC(C)C)c3)n2)c(=O)[nH]c1C. The first-order valence-electron chi connectivity index (χ1n) is 9.46. The molecule has 8 heteroatoms. The van der Waals surface area contributed by atoms with Gasteiger partial charge in [0, 0.05) is 29.4 Å². The lowest BCUT2D eigenvalue weighted by molar-refractivity contribution is 0.0525. The number of aromatic nitrogens is 3. The number of carbonyl (C=O) groups is 1. The van der Waals surface area contributed by atoms with Crippen LogP contribution in [-0.4, -0.2) is 34.1 Å². The van der Waals surface area contributed by atoms with Crippen LogP contribution in [0.2, 0.25) is 0 Å². The number of nitrogens with zero attached hydrogens (tertiary/aromatic N) is 2. The molecule has 2 N–H and O–H groups in total. The van der Waals surface area contributed by atoms with Crippen LogP contribution >= 0.6 is 11.3 Å². The Labute approximate surface area is 173 Å². The van der Waals surface area contributed by atoms with Crippen molar-refractivity contribution in [1.82, 2.24) is 15.0 Å². The van der Waals surface area contributed by atoms with E-state index >= 15 is 0 Å². The highest BCUT2D eigenvalue weighted by Crippen LogP contribution is 2.29. The first-order valence-corrected chi connectivity index (χ1v) is 10.3. The van der Waals surface area contributed by atoms with Gasteiger partial charge in [0.15, 0.2) is 0 Å². The Morgan fingerprint density at radius 3 is 2.86 bits per heavy atom. The van der Waals surface area contributed by atoms with E-state index in [0.717, 1.165) is 22.9 Å². The van der Waals surface area contributed by atoms with E-state index < -0.39 is 5.97 Å². The summed E-state index contributed by atoms with van der Waals surface area (Å²) in [5.74, 6) is 0.826. The van der Waals surface area contributed by atoms with Crippen LogP contribution < -0.4 is 10.9 Å². The van der Waals surface area contributed by atoms with Gasteiger partial charge in [-0.1, -0.05) is 13.8 Å². The number of nitrogens with one attached hydrogen (secondary N) is 2. The van der Waals surface area contributed by atoms with Crippen molar-refractivity contribution in [2.45, 2.75) is 27.7 Å². The molecule has 0 aromatic carbocycles. The van der Waals surface area contributed by atoms with Crippen LogP contribution in [0.25, 0.3) is 21.8 Å². The van der Waals surface area contributed by atoms with Crippen LogP contribution in [0.4, 0.5) is 5.82 Å². The molecular formula is C21H24N4O3S. The molecule has 0 atom stereocenters. The van der Waals surface area contributed by atoms with Crippen LogP contribution in [0.15, 0.2) is 34.6 Å². The third-order valence-electron chi connectivity index (χ3n) is 4.21. The third kappa shape index (κ3) is 4.89. The second-order valence-electron chi connectivity index (χ2n) is 7.01. The lowest BCUT2D eigenvalue weighted by Gasteiger charge is -2.08. The van der Waals surface area contributed by atoms with Crippen molar-refractivity contribution in [2.24, 2.45) is 5.92 Å². The van der Waals surface area contributed by atoms with Gasteiger partial charge in [0.25, 0.3) is 5.56 Å². The van der Waals surface area contributed by atoms with E-state index in [-0.39, 0.29) is 12.2 Å². The van der Waals surface area contributed by atoms with Gasteiger partial charge in [-0.05, 0) is 38.0 Å². The number of ether oxygens (including phenoxy) is 1. The molecule has 0 amide bonds. The fourth-order valence-corrected chi connectivity index (χ4v) is 3.55. The third-order valence-corrected chi connectivity index (χ3v) is 5.10. The number of thiazole rings is 1. The van der Waals surface area contributed by atoms with Crippen LogP contribution in [0.3, 0.4) is 0 Å². The Morgan fingerprint density at radius 1 is 1.34 bits per heavy atom. The van der Waals surface area contributed by atoms with Gasteiger partial charge in [-0.2, -0.15) is 0 Å². The quantitative estimate of drug-likeness (QED) is 0.567. The molecule has 152 valence electrons. The van der Waals surface area contributed by atoms with Crippen molar-refractivity contribution in [3.05, 3.63) is 51.4 Å². The molecule has 0 aliphatic rings. The molecule has 3 aromatic heterocycles. The highest BCUT2D eigenvalue weighted by Gasteiger charge is 2.17. The molecular weight excluding hydrogens is 388 g/mol. The Kier molecular flexibility index (Phi) is 6.43. The number of anilines is 1. The number of hydrogen-bond acceptors (Lipinski definition) is 7. The average Bonchev–Trinajstić information content (AvgIpc) is 3.17. The summed E-state index contributed by atoms with van der Waals surface area (Å²) < 4.78 is 5.07. The summed E-state index contributed by atoms with van der Waals surface area (Å²) in [5.41, 5.74) is 2.29. The number of aromatic amines is 1. The summed E-state index contributed by atoms with van der Waals surface area (Å²) in [5, 5.41) is 5.88. The fraction of sp³-hybridized carbons (Fsp3) is 0.333. The number of rotatable bonds is 7. The molecule has 0 saturated carbocycles. The lowest BCUT2D eigenvalue weighted by atomic mass is 10.1. The fourth-order valence-electron chi connectivity index (χ4n) is 2.73. The first-order chi connectivity index (χ1) is 13.9. The zero-order chi connectivity index (χ0) is 21.0. The molecule has 0 aliphatic carbocycles. The molecule has 3 heterocycles. The zero-order valence-electron chi connectivity index (χ0n) is 16.9. The normalized spacial score (nSPS) is 10.9. The zero-order valence-corrected chi connectivity index (χ0v) is 17.7. The van der Waals surface area contributed by atoms with Crippen molar-refractivity contribution in [3.63, 3.8) is 0 Å². The Morgan fingerprint density at radius 2 is 2.14 bits per heavy atom. The summed E-state index contributed by atoms with van der Waals surface area (Å²) in [6.07, 6.45) is 1.73. The minimum absolute atomic E-state index is 0.267. The number of pyridine rings is 2. The number of aryl methyl sites for hydroxylation is 1. The van der Waals surface area contributed by atoms with E-state index in [1.807, 2.05) is 17.5 Å². The molecule has 3 rings (SSSR count). The summed E-state index contributed by atoms with van der Waals surface area (Å²) in [7, 11) is 0. The van der Waals surface area contributed by atoms with Crippen molar-refractivity contribution >= 4 is 23.1 Å². The predicted molar refractivity (Wildman–Crippen MR) is 115 cm³/mol.